The Balaban J connectivity index is 2.34. The molecular formula is C10H18N2O4. The summed E-state index contributed by atoms with van der Waals surface area (Å²) in [5.74, 6) is -0.756. The highest BCUT2D eigenvalue weighted by molar-refractivity contribution is 5.76. The second-order valence-corrected chi connectivity index (χ2v) is 4.29. The quantitative estimate of drug-likeness (QED) is 0.702. The zero-order valence-electron chi connectivity index (χ0n) is 9.59. The number of likely N-dealkylation sites (tertiary alicyclic amines) is 1. The summed E-state index contributed by atoms with van der Waals surface area (Å²) in [6, 6.07) is -0.366. The lowest BCUT2D eigenvalue weighted by Gasteiger charge is -2.41. The van der Waals surface area contributed by atoms with Gasteiger partial charge in [0.1, 0.15) is 0 Å². The van der Waals surface area contributed by atoms with E-state index < -0.39 is 5.97 Å². The minimum atomic E-state index is -0.825. The molecule has 1 aliphatic rings. The minimum Gasteiger partial charge on any atom is -0.481 e. The number of carbonyl (C=O) groups excluding carboxylic acids is 1. The van der Waals surface area contributed by atoms with E-state index in [1.165, 1.54) is 4.90 Å². The molecule has 0 saturated carbocycles. The average Bonchev–Trinajstić information content (AvgIpc) is 2.19. The molecule has 1 heterocycles. The van der Waals surface area contributed by atoms with Crippen LogP contribution in [0.5, 0.6) is 0 Å². The van der Waals surface area contributed by atoms with Crippen molar-refractivity contribution >= 4 is 12.0 Å². The molecule has 0 bridgehead atoms. The Bertz CT molecular complexity index is 276. The molecule has 1 saturated heterocycles. The molecule has 0 spiro atoms. The average molecular weight is 230 g/mol. The number of amides is 2. The number of rotatable bonds is 4. The highest BCUT2D eigenvalue weighted by Gasteiger charge is 2.34. The predicted molar refractivity (Wildman–Crippen MR) is 57.0 cm³/mol. The molecule has 0 aromatic rings. The van der Waals surface area contributed by atoms with Crippen LogP contribution >= 0.6 is 0 Å². The zero-order chi connectivity index (χ0) is 12.3. The van der Waals surface area contributed by atoms with Crippen LogP contribution in [0, 0.1) is 5.92 Å². The van der Waals surface area contributed by atoms with Gasteiger partial charge in [0.2, 0.25) is 0 Å². The molecule has 6 heteroatoms. The summed E-state index contributed by atoms with van der Waals surface area (Å²) in [5.41, 5.74) is 0. The van der Waals surface area contributed by atoms with Crippen LogP contribution in [-0.4, -0.2) is 64.8 Å². The predicted octanol–water partition coefficient (Wildman–Crippen LogP) is -0.175. The number of carbonyl (C=O) groups is 2. The number of carboxylic acid groups (broad SMARTS) is 1. The van der Waals surface area contributed by atoms with E-state index in [1.807, 2.05) is 0 Å². The number of carboxylic acids is 1. The highest BCUT2D eigenvalue weighted by atomic mass is 16.4. The first-order valence-electron chi connectivity index (χ1n) is 5.30. The van der Waals surface area contributed by atoms with E-state index in [0.29, 0.717) is 13.1 Å². The third-order valence-electron chi connectivity index (χ3n) is 2.92. The smallest absolute Gasteiger partial charge is 0.320 e. The van der Waals surface area contributed by atoms with Gasteiger partial charge < -0.3 is 20.0 Å². The molecule has 1 unspecified atom stereocenters. The van der Waals surface area contributed by atoms with Crippen molar-refractivity contribution in [2.75, 3.05) is 26.7 Å². The number of aliphatic carboxylic acids is 1. The summed E-state index contributed by atoms with van der Waals surface area (Å²) in [7, 11) is 1.63. The molecule has 2 amide bonds. The van der Waals surface area contributed by atoms with Gasteiger partial charge in [-0.15, -0.1) is 0 Å². The number of aliphatic hydroxyl groups excluding tert-OH is 1. The largest absolute Gasteiger partial charge is 0.481 e. The number of aliphatic hydroxyl groups is 1. The molecule has 1 fully saturated rings. The monoisotopic (exact) mass is 230 g/mol. The van der Waals surface area contributed by atoms with Crippen molar-refractivity contribution in [2.45, 2.75) is 19.4 Å². The van der Waals surface area contributed by atoms with E-state index in [4.69, 9.17) is 10.2 Å². The maximum Gasteiger partial charge on any atom is 0.320 e. The summed E-state index contributed by atoms with van der Waals surface area (Å²) in [5, 5.41) is 17.5. The Morgan fingerprint density at radius 1 is 1.50 bits per heavy atom. The van der Waals surface area contributed by atoms with Crippen molar-refractivity contribution in [3.8, 4) is 0 Å². The third kappa shape index (κ3) is 2.85. The van der Waals surface area contributed by atoms with E-state index in [-0.39, 0.29) is 31.0 Å². The molecule has 0 radical (unpaired) electrons. The first-order valence-corrected chi connectivity index (χ1v) is 5.30. The van der Waals surface area contributed by atoms with Crippen LogP contribution in [0.2, 0.25) is 0 Å². The fraction of sp³-hybridized carbons (Fsp3) is 0.800. The molecule has 6 nitrogen and oxygen atoms in total. The van der Waals surface area contributed by atoms with E-state index in [1.54, 1.807) is 18.9 Å². The maximum atomic E-state index is 11.8. The third-order valence-corrected chi connectivity index (χ3v) is 2.92. The van der Waals surface area contributed by atoms with Crippen LogP contribution < -0.4 is 0 Å². The molecule has 0 aliphatic carbocycles. The van der Waals surface area contributed by atoms with Crippen molar-refractivity contribution < 1.29 is 19.8 Å². The van der Waals surface area contributed by atoms with E-state index in [9.17, 15) is 9.59 Å². The number of hydrogen-bond acceptors (Lipinski definition) is 3. The number of urea groups is 1. The van der Waals surface area contributed by atoms with E-state index in [0.717, 1.165) is 0 Å². The molecule has 0 aromatic carbocycles. The highest BCUT2D eigenvalue weighted by Crippen LogP contribution is 2.20. The van der Waals surface area contributed by atoms with E-state index >= 15 is 0 Å². The lowest BCUT2D eigenvalue weighted by Crippen LogP contribution is -2.56. The Kier molecular flexibility index (Phi) is 4.12. The first kappa shape index (κ1) is 12.8. The van der Waals surface area contributed by atoms with Gasteiger partial charge in [0.05, 0.1) is 19.1 Å². The summed E-state index contributed by atoms with van der Waals surface area (Å²) in [4.78, 5) is 25.2. The van der Waals surface area contributed by atoms with Gasteiger partial charge in [0, 0.05) is 26.1 Å². The number of hydrogen-bond donors (Lipinski definition) is 2. The van der Waals surface area contributed by atoms with Crippen molar-refractivity contribution in [1.29, 1.82) is 0 Å². The van der Waals surface area contributed by atoms with Crippen molar-refractivity contribution in [2.24, 2.45) is 5.92 Å². The van der Waals surface area contributed by atoms with Gasteiger partial charge in [-0.2, -0.15) is 0 Å². The second-order valence-electron chi connectivity index (χ2n) is 4.29. The first-order chi connectivity index (χ1) is 7.45. The van der Waals surface area contributed by atoms with Crippen LogP contribution in [0.3, 0.4) is 0 Å². The summed E-state index contributed by atoms with van der Waals surface area (Å²) >= 11 is 0. The van der Waals surface area contributed by atoms with Crippen LogP contribution in [0.4, 0.5) is 4.79 Å². The second kappa shape index (κ2) is 5.16. The van der Waals surface area contributed by atoms with Gasteiger partial charge >= 0.3 is 12.0 Å². The van der Waals surface area contributed by atoms with Gasteiger partial charge in [0.25, 0.3) is 0 Å². The van der Waals surface area contributed by atoms with Gasteiger partial charge in [-0.25, -0.2) is 4.79 Å². The van der Waals surface area contributed by atoms with Crippen LogP contribution in [0.15, 0.2) is 0 Å². The fourth-order valence-corrected chi connectivity index (χ4v) is 1.64. The molecular weight excluding hydrogens is 212 g/mol. The Hall–Kier alpha value is -1.30. The van der Waals surface area contributed by atoms with Gasteiger partial charge in [-0.05, 0) is 6.92 Å². The van der Waals surface area contributed by atoms with Crippen LogP contribution in [0.1, 0.15) is 13.3 Å². The number of nitrogens with zero attached hydrogens (tertiary/aromatic N) is 2. The Labute approximate surface area is 94.4 Å². The Morgan fingerprint density at radius 2 is 2.06 bits per heavy atom. The van der Waals surface area contributed by atoms with Crippen molar-refractivity contribution in [3.63, 3.8) is 0 Å². The Morgan fingerprint density at radius 3 is 2.50 bits per heavy atom. The molecule has 92 valence electrons. The van der Waals surface area contributed by atoms with Gasteiger partial charge in [0.15, 0.2) is 0 Å². The molecule has 1 atom stereocenters. The molecule has 16 heavy (non-hydrogen) atoms. The SMILES string of the molecule is CC(CO)N(C)C(=O)N1CC(CC(=O)O)C1. The summed E-state index contributed by atoms with van der Waals surface area (Å²) in [6.07, 6.45) is 0.114. The molecule has 0 aromatic heterocycles. The summed E-state index contributed by atoms with van der Waals surface area (Å²) in [6.45, 7) is 2.67. The van der Waals surface area contributed by atoms with Crippen LogP contribution in [-0.2, 0) is 4.79 Å². The lowest BCUT2D eigenvalue weighted by molar-refractivity contribution is -0.139. The van der Waals surface area contributed by atoms with E-state index in [2.05, 4.69) is 0 Å². The lowest BCUT2D eigenvalue weighted by atomic mass is 9.97. The van der Waals surface area contributed by atoms with Crippen molar-refractivity contribution in [1.82, 2.24) is 9.80 Å². The standard InChI is InChI=1S/C10H18N2O4/c1-7(6-13)11(2)10(16)12-4-8(5-12)3-9(14)15/h7-8,13H,3-6H2,1-2H3,(H,14,15). The summed E-state index contributed by atoms with van der Waals surface area (Å²) < 4.78 is 0. The topological polar surface area (TPSA) is 81.1 Å². The minimum absolute atomic E-state index is 0.0688. The van der Waals surface area contributed by atoms with Crippen molar-refractivity contribution in [3.05, 3.63) is 0 Å². The fourth-order valence-electron chi connectivity index (χ4n) is 1.64. The van der Waals surface area contributed by atoms with Crippen LogP contribution in [0.25, 0.3) is 0 Å². The molecule has 1 rings (SSSR count). The molecule has 2 N–H and O–H groups in total. The van der Waals surface area contributed by atoms with Gasteiger partial charge in [-0.1, -0.05) is 0 Å². The zero-order valence-corrected chi connectivity index (χ0v) is 9.59. The maximum absolute atomic E-state index is 11.8. The number of likely N-dealkylation sites (N-methyl/N-ethyl adjacent to an activating group) is 1. The normalized spacial score (nSPS) is 17.8. The van der Waals surface area contributed by atoms with Gasteiger partial charge in [-0.3, -0.25) is 4.79 Å². The molecule has 1 aliphatic heterocycles.